The van der Waals surface area contributed by atoms with Gasteiger partial charge in [0, 0.05) is 24.7 Å². The fraction of sp³-hybridized carbons (Fsp3) is 0.625. The molecule has 1 aromatic rings. The van der Waals surface area contributed by atoms with Crippen LogP contribution >= 0.6 is 11.6 Å². The number of alkyl halides is 1. The highest BCUT2D eigenvalue weighted by Crippen LogP contribution is 2.24. The Hall–Kier alpha value is -0.690. The monoisotopic (exact) mass is 267 g/mol. The molecule has 18 heavy (non-hydrogen) atoms. The Bertz CT molecular complexity index is 361. The molecule has 0 fully saturated rings. The molecule has 0 saturated heterocycles. The molecule has 0 aliphatic heterocycles. The zero-order valence-corrected chi connectivity index (χ0v) is 13.1. The van der Waals surface area contributed by atoms with Gasteiger partial charge in [0.05, 0.1) is 0 Å². The van der Waals surface area contributed by atoms with Crippen LogP contribution in [-0.4, -0.2) is 13.1 Å². The molecule has 0 radical (unpaired) electrons. The minimum Gasteiger partial charge on any atom is -0.371 e. The van der Waals surface area contributed by atoms with Crippen molar-refractivity contribution >= 4 is 17.3 Å². The summed E-state index contributed by atoms with van der Waals surface area (Å²) in [5.74, 6) is 1.95. The predicted molar refractivity (Wildman–Crippen MR) is 82.6 cm³/mol. The van der Waals surface area contributed by atoms with Gasteiger partial charge in [-0.1, -0.05) is 39.8 Å². The maximum absolute atomic E-state index is 5.89. The van der Waals surface area contributed by atoms with Crippen LogP contribution in [0.4, 0.5) is 5.69 Å². The van der Waals surface area contributed by atoms with E-state index in [2.05, 4.69) is 57.7 Å². The van der Waals surface area contributed by atoms with Crippen LogP contribution in [0.2, 0.25) is 0 Å². The zero-order chi connectivity index (χ0) is 13.7. The van der Waals surface area contributed by atoms with E-state index in [0.29, 0.717) is 17.7 Å². The molecule has 0 N–H and O–H groups in total. The molecule has 0 saturated carbocycles. The first-order chi connectivity index (χ1) is 8.43. The van der Waals surface area contributed by atoms with Crippen LogP contribution in [0.25, 0.3) is 0 Å². The lowest BCUT2D eigenvalue weighted by Crippen LogP contribution is -2.31. The molecule has 0 unspecified atom stereocenters. The van der Waals surface area contributed by atoms with E-state index < -0.39 is 0 Å². The number of anilines is 1. The van der Waals surface area contributed by atoms with Crippen LogP contribution in [0.1, 0.15) is 38.8 Å². The van der Waals surface area contributed by atoms with Gasteiger partial charge in [-0.2, -0.15) is 0 Å². The van der Waals surface area contributed by atoms with Crippen LogP contribution in [0.5, 0.6) is 0 Å². The summed E-state index contributed by atoms with van der Waals surface area (Å²) in [4.78, 5) is 2.50. The average molecular weight is 268 g/mol. The van der Waals surface area contributed by atoms with Crippen molar-refractivity contribution in [2.45, 2.75) is 40.5 Å². The number of nitrogens with zero attached hydrogens (tertiary/aromatic N) is 1. The maximum Gasteiger partial charge on any atom is 0.0474 e. The van der Waals surface area contributed by atoms with E-state index in [-0.39, 0.29) is 0 Å². The Morgan fingerprint density at radius 1 is 1.06 bits per heavy atom. The lowest BCUT2D eigenvalue weighted by atomic mass is 10.1. The highest BCUT2D eigenvalue weighted by molar-refractivity contribution is 6.17. The largest absolute Gasteiger partial charge is 0.371 e. The van der Waals surface area contributed by atoms with Gasteiger partial charge in [0.15, 0.2) is 0 Å². The van der Waals surface area contributed by atoms with E-state index in [0.717, 1.165) is 13.1 Å². The van der Waals surface area contributed by atoms with E-state index in [1.807, 2.05) is 0 Å². The zero-order valence-electron chi connectivity index (χ0n) is 12.3. The predicted octanol–water partition coefficient (Wildman–Crippen LogP) is 4.85. The molecule has 2 heteroatoms. The molecular weight excluding hydrogens is 242 g/mol. The van der Waals surface area contributed by atoms with Gasteiger partial charge in [0.25, 0.3) is 0 Å². The fourth-order valence-electron chi connectivity index (χ4n) is 2.31. The summed E-state index contributed by atoms with van der Waals surface area (Å²) in [7, 11) is 0. The van der Waals surface area contributed by atoms with Crippen LogP contribution in [0.15, 0.2) is 18.2 Å². The average Bonchev–Trinajstić information content (AvgIpc) is 2.26. The first kappa shape index (κ1) is 15.4. The molecule has 0 aromatic heterocycles. The molecule has 0 aliphatic carbocycles. The van der Waals surface area contributed by atoms with E-state index in [4.69, 9.17) is 11.6 Å². The second-order valence-corrected chi connectivity index (χ2v) is 6.21. The Balaban J connectivity index is 2.96. The summed E-state index contributed by atoms with van der Waals surface area (Å²) in [5, 5.41) is 0. The summed E-state index contributed by atoms with van der Waals surface area (Å²) in [5.41, 5.74) is 3.88. The molecule has 102 valence electrons. The first-order valence-corrected chi connectivity index (χ1v) is 7.38. The van der Waals surface area contributed by atoms with Crippen molar-refractivity contribution in [3.63, 3.8) is 0 Å². The van der Waals surface area contributed by atoms with Gasteiger partial charge < -0.3 is 4.90 Å². The van der Waals surface area contributed by atoms with Crippen molar-refractivity contribution in [2.24, 2.45) is 11.8 Å². The van der Waals surface area contributed by atoms with Crippen molar-refractivity contribution in [3.8, 4) is 0 Å². The van der Waals surface area contributed by atoms with Crippen molar-refractivity contribution < 1.29 is 0 Å². The summed E-state index contributed by atoms with van der Waals surface area (Å²) < 4.78 is 0. The smallest absolute Gasteiger partial charge is 0.0474 e. The molecule has 1 rings (SSSR count). The minimum atomic E-state index is 0.593. The molecule has 0 spiro atoms. The van der Waals surface area contributed by atoms with Gasteiger partial charge in [-0.15, -0.1) is 11.6 Å². The first-order valence-electron chi connectivity index (χ1n) is 6.84. The molecule has 1 aromatic carbocycles. The van der Waals surface area contributed by atoms with Crippen LogP contribution < -0.4 is 4.90 Å². The van der Waals surface area contributed by atoms with Crippen LogP contribution in [0, 0.1) is 18.8 Å². The Labute approximate surface area is 117 Å². The van der Waals surface area contributed by atoms with Gasteiger partial charge >= 0.3 is 0 Å². The normalized spacial score (nSPS) is 11.3. The number of halogens is 1. The van der Waals surface area contributed by atoms with Crippen molar-refractivity contribution in [1.82, 2.24) is 0 Å². The van der Waals surface area contributed by atoms with Crippen LogP contribution in [0.3, 0.4) is 0 Å². The Kier molecular flexibility index (Phi) is 6.01. The molecule has 0 heterocycles. The highest BCUT2D eigenvalue weighted by atomic mass is 35.5. The third kappa shape index (κ3) is 4.53. The second kappa shape index (κ2) is 7.04. The maximum atomic E-state index is 5.89. The fourth-order valence-corrected chi connectivity index (χ4v) is 2.47. The molecule has 0 amide bonds. The number of hydrogen-bond acceptors (Lipinski definition) is 1. The van der Waals surface area contributed by atoms with Gasteiger partial charge in [-0.3, -0.25) is 0 Å². The minimum absolute atomic E-state index is 0.593. The van der Waals surface area contributed by atoms with Crippen LogP contribution in [-0.2, 0) is 5.88 Å². The number of rotatable bonds is 6. The summed E-state index contributed by atoms with van der Waals surface area (Å²) in [6, 6.07) is 6.57. The molecule has 0 aliphatic rings. The van der Waals surface area contributed by atoms with Crippen molar-refractivity contribution in [1.29, 1.82) is 0 Å². The van der Waals surface area contributed by atoms with Gasteiger partial charge in [-0.05, 0) is 36.0 Å². The van der Waals surface area contributed by atoms with E-state index in [1.165, 1.54) is 16.8 Å². The SMILES string of the molecule is Cc1cc(CCl)ccc1N(CC(C)C)CC(C)C. The van der Waals surface area contributed by atoms with Gasteiger partial charge in [0.2, 0.25) is 0 Å². The van der Waals surface area contributed by atoms with E-state index in [9.17, 15) is 0 Å². The standard InChI is InChI=1S/C16H26ClN/c1-12(2)10-18(11-13(3)4)16-7-6-15(9-17)8-14(16)5/h6-8,12-13H,9-11H2,1-5H3. The summed E-state index contributed by atoms with van der Waals surface area (Å²) in [6.45, 7) is 13.5. The molecular formula is C16H26ClN. The summed E-state index contributed by atoms with van der Waals surface area (Å²) >= 11 is 5.89. The van der Waals surface area contributed by atoms with Gasteiger partial charge in [0.1, 0.15) is 0 Å². The molecule has 0 bridgehead atoms. The molecule has 0 atom stereocenters. The lowest BCUT2D eigenvalue weighted by Gasteiger charge is -2.30. The van der Waals surface area contributed by atoms with Gasteiger partial charge in [-0.25, -0.2) is 0 Å². The number of hydrogen-bond donors (Lipinski definition) is 0. The molecule has 1 nitrogen and oxygen atoms in total. The van der Waals surface area contributed by atoms with Crippen molar-refractivity contribution in [3.05, 3.63) is 29.3 Å². The quantitative estimate of drug-likeness (QED) is 0.666. The second-order valence-electron chi connectivity index (χ2n) is 5.95. The highest BCUT2D eigenvalue weighted by Gasteiger charge is 2.12. The summed E-state index contributed by atoms with van der Waals surface area (Å²) in [6.07, 6.45) is 0. The third-order valence-electron chi connectivity index (χ3n) is 2.93. The van der Waals surface area contributed by atoms with E-state index >= 15 is 0 Å². The number of aryl methyl sites for hydroxylation is 1. The Morgan fingerprint density at radius 3 is 2.00 bits per heavy atom. The number of benzene rings is 1. The Morgan fingerprint density at radius 2 is 1.61 bits per heavy atom. The third-order valence-corrected chi connectivity index (χ3v) is 3.24. The van der Waals surface area contributed by atoms with Crippen molar-refractivity contribution in [2.75, 3.05) is 18.0 Å². The van der Waals surface area contributed by atoms with E-state index in [1.54, 1.807) is 0 Å². The lowest BCUT2D eigenvalue weighted by molar-refractivity contribution is 0.552. The topological polar surface area (TPSA) is 3.24 Å².